The molecule has 78 valence electrons. The number of halogens is 2. The second-order valence-corrected chi connectivity index (χ2v) is 2.97. The second kappa shape index (κ2) is 3.65. The fraction of sp³-hybridized carbons (Fsp3) is 0.200. The van der Waals surface area contributed by atoms with Crippen molar-refractivity contribution < 1.29 is 18.7 Å². The van der Waals surface area contributed by atoms with Crippen LogP contribution in [0.3, 0.4) is 0 Å². The van der Waals surface area contributed by atoms with Crippen LogP contribution < -0.4 is 0 Å². The summed E-state index contributed by atoms with van der Waals surface area (Å²) in [7, 11) is 0. The van der Waals surface area contributed by atoms with Crippen LogP contribution in [-0.2, 0) is 10.7 Å². The Balaban J connectivity index is 3.40. The van der Waals surface area contributed by atoms with Crippen LogP contribution in [0, 0.1) is 18.3 Å². The highest BCUT2D eigenvalue weighted by Gasteiger charge is 2.42. The summed E-state index contributed by atoms with van der Waals surface area (Å²) in [6.45, 7) is 1.30. The summed E-state index contributed by atoms with van der Waals surface area (Å²) in [5.74, 6) is -6.18. The summed E-state index contributed by atoms with van der Waals surface area (Å²) in [6, 6.07) is 5.32. The lowest BCUT2D eigenvalue weighted by Gasteiger charge is -2.14. The van der Waals surface area contributed by atoms with E-state index < -0.39 is 17.5 Å². The van der Waals surface area contributed by atoms with Gasteiger partial charge in [-0.2, -0.15) is 14.0 Å². The molecule has 0 radical (unpaired) electrons. The molecule has 0 fully saturated rings. The Morgan fingerprint density at radius 2 is 2.13 bits per heavy atom. The van der Waals surface area contributed by atoms with Crippen LogP contribution in [-0.4, -0.2) is 11.1 Å². The fourth-order valence-electron chi connectivity index (χ4n) is 1.21. The predicted molar refractivity (Wildman–Crippen MR) is 47.4 cm³/mol. The first-order chi connectivity index (χ1) is 6.91. The van der Waals surface area contributed by atoms with Crippen molar-refractivity contribution >= 4 is 5.97 Å². The number of hydrogen-bond acceptors (Lipinski definition) is 2. The van der Waals surface area contributed by atoms with E-state index in [1.54, 1.807) is 6.07 Å². The molecule has 0 aliphatic carbocycles. The highest BCUT2D eigenvalue weighted by atomic mass is 19.3. The van der Waals surface area contributed by atoms with Crippen molar-refractivity contribution in [3.63, 3.8) is 0 Å². The molecular formula is C10H7F2NO2. The number of hydrogen-bond donors (Lipinski definition) is 1. The minimum Gasteiger partial charge on any atom is -0.477 e. The van der Waals surface area contributed by atoms with Gasteiger partial charge < -0.3 is 5.11 Å². The third-order valence-corrected chi connectivity index (χ3v) is 2.06. The minimum atomic E-state index is -3.96. The highest BCUT2D eigenvalue weighted by molar-refractivity contribution is 5.78. The van der Waals surface area contributed by atoms with E-state index in [2.05, 4.69) is 0 Å². The van der Waals surface area contributed by atoms with Gasteiger partial charge in [0, 0.05) is 5.56 Å². The third-order valence-electron chi connectivity index (χ3n) is 2.06. The van der Waals surface area contributed by atoms with Gasteiger partial charge in [0.15, 0.2) is 0 Å². The Bertz CT molecular complexity index is 449. The van der Waals surface area contributed by atoms with Gasteiger partial charge in [-0.05, 0) is 18.6 Å². The molecule has 0 heterocycles. The van der Waals surface area contributed by atoms with Crippen LogP contribution in [0.15, 0.2) is 18.2 Å². The van der Waals surface area contributed by atoms with Crippen LogP contribution >= 0.6 is 0 Å². The zero-order valence-corrected chi connectivity index (χ0v) is 7.79. The van der Waals surface area contributed by atoms with E-state index in [9.17, 15) is 13.6 Å². The Morgan fingerprint density at radius 1 is 1.53 bits per heavy atom. The van der Waals surface area contributed by atoms with Gasteiger partial charge in [-0.1, -0.05) is 12.1 Å². The lowest BCUT2D eigenvalue weighted by Crippen LogP contribution is -2.26. The summed E-state index contributed by atoms with van der Waals surface area (Å²) in [4.78, 5) is 10.3. The molecule has 0 aliphatic rings. The molecule has 1 rings (SSSR count). The normalized spacial score (nSPS) is 10.8. The maximum atomic E-state index is 13.1. The van der Waals surface area contributed by atoms with Gasteiger partial charge in [0.2, 0.25) is 0 Å². The number of rotatable bonds is 2. The number of nitrogens with zero attached hydrogens (tertiary/aromatic N) is 1. The van der Waals surface area contributed by atoms with Crippen LogP contribution in [0.5, 0.6) is 0 Å². The fourth-order valence-corrected chi connectivity index (χ4v) is 1.21. The van der Waals surface area contributed by atoms with Crippen molar-refractivity contribution in [2.45, 2.75) is 12.8 Å². The monoisotopic (exact) mass is 211 g/mol. The van der Waals surface area contributed by atoms with Gasteiger partial charge in [0.25, 0.3) is 0 Å². The van der Waals surface area contributed by atoms with Crippen molar-refractivity contribution in [2.75, 3.05) is 0 Å². The standard InChI is InChI=1S/C10H7F2NO2/c1-6-7(5-13)3-2-4-8(6)10(11,12)9(14)15/h2-4H,1H3,(H,14,15). The number of alkyl halides is 2. The van der Waals surface area contributed by atoms with E-state index in [0.717, 1.165) is 6.07 Å². The molecule has 0 unspecified atom stereocenters. The smallest absolute Gasteiger partial charge is 0.379 e. The lowest BCUT2D eigenvalue weighted by molar-refractivity contribution is -0.166. The number of carboxylic acids is 1. The molecule has 0 atom stereocenters. The average molecular weight is 211 g/mol. The molecule has 0 bridgehead atoms. The van der Waals surface area contributed by atoms with Gasteiger partial charge in [-0.15, -0.1) is 0 Å². The number of carboxylic acid groups (broad SMARTS) is 1. The largest absolute Gasteiger partial charge is 0.477 e. The lowest BCUT2D eigenvalue weighted by atomic mass is 9.98. The molecular weight excluding hydrogens is 204 g/mol. The second-order valence-electron chi connectivity index (χ2n) is 2.97. The first kappa shape index (κ1) is 11.1. The molecule has 0 aliphatic heterocycles. The Morgan fingerprint density at radius 3 is 2.60 bits per heavy atom. The summed E-state index contributed by atoms with van der Waals surface area (Å²) in [6.07, 6.45) is 0. The van der Waals surface area contributed by atoms with Crippen molar-refractivity contribution in [3.05, 3.63) is 34.9 Å². The first-order valence-corrected chi connectivity index (χ1v) is 4.02. The summed E-state index contributed by atoms with van der Waals surface area (Å²) < 4.78 is 26.3. The van der Waals surface area contributed by atoms with Crippen molar-refractivity contribution in [1.29, 1.82) is 5.26 Å². The Labute approximate surface area is 84.6 Å². The molecule has 15 heavy (non-hydrogen) atoms. The van der Waals surface area contributed by atoms with Crippen molar-refractivity contribution in [2.24, 2.45) is 0 Å². The molecule has 5 heteroatoms. The van der Waals surface area contributed by atoms with Gasteiger partial charge in [-0.25, -0.2) is 4.79 Å². The van der Waals surface area contributed by atoms with Gasteiger partial charge in [0.05, 0.1) is 11.6 Å². The molecule has 1 N–H and O–H groups in total. The van der Waals surface area contributed by atoms with Crippen molar-refractivity contribution in [3.8, 4) is 6.07 Å². The topological polar surface area (TPSA) is 61.1 Å². The number of aliphatic carboxylic acids is 1. The minimum absolute atomic E-state index is 0.00704. The molecule has 0 aromatic heterocycles. The summed E-state index contributed by atoms with van der Waals surface area (Å²) >= 11 is 0. The molecule has 0 saturated carbocycles. The van der Waals surface area contributed by atoms with E-state index in [0.29, 0.717) is 0 Å². The number of benzene rings is 1. The van der Waals surface area contributed by atoms with Gasteiger partial charge in [-0.3, -0.25) is 0 Å². The molecule has 1 aromatic carbocycles. The van der Waals surface area contributed by atoms with Gasteiger partial charge >= 0.3 is 11.9 Å². The van der Waals surface area contributed by atoms with E-state index in [1.165, 1.54) is 19.1 Å². The Hall–Kier alpha value is -1.96. The molecule has 0 spiro atoms. The summed E-state index contributed by atoms with van der Waals surface area (Å²) in [5.41, 5.74) is -0.602. The first-order valence-electron chi connectivity index (χ1n) is 4.02. The molecule has 0 saturated heterocycles. The molecule has 3 nitrogen and oxygen atoms in total. The maximum absolute atomic E-state index is 13.1. The quantitative estimate of drug-likeness (QED) is 0.814. The highest BCUT2D eigenvalue weighted by Crippen LogP contribution is 2.31. The van der Waals surface area contributed by atoms with Gasteiger partial charge in [0.1, 0.15) is 0 Å². The zero-order valence-electron chi connectivity index (χ0n) is 7.79. The van der Waals surface area contributed by atoms with E-state index >= 15 is 0 Å². The van der Waals surface area contributed by atoms with Crippen molar-refractivity contribution in [1.82, 2.24) is 0 Å². The maximum Gasteiger partial charge on any atom is 0.379 e. The van der Waals surface area contributed by atoms with E-state index in [4.69, 9.17) is 10.4 Å². The average Bonchev–Trinajstić information content (AvgIpc) is 2.17. The van der Waals surface area contributed by atoms with E-state index in [1.807, 2.05) is 0 Å². The van der Waals surface area contributed by atoms with Crippen LogP contribution in [0.2, 0.25) is 0 Å². The SMILES string of the molecule is Cc1c(C#N)cccc1C(F)(F)C(=O)O. The number of carbonyl (C=O) groups is 1. The van der Waals surface area contributed by atoms with Crippen LogP contribution in [0.25, 0.3) is 0 Å². The molecule has 1 aromatic rings. The zero-order chi connectivity index (χ0) is 11.6. The van der Waals surface area contributed by atoms with Crippen LogP contribution in [0.4, 0.5) is 8.78 Å². The van der Waals surface area contributed by atoms with Crippen LogP contribution in [0.1, 0.15) is 16.7 Å². The predicted octanol–water partition coefficient (Wildman–Crippen LogP) is 2.04. The number of nitriles is 1. The summed E-state index contributed by atoms with van der Waals surface area (Å²) in [5, 5.41) is 17.0. The Kier molecular flexibility index (Phi) is 2.71. The molecule has 0 amide bonds. The van der Waals surface area contributed by atoms with E-state index in [-0.39, 0.29) is 11.1 Å². The third kappa shape index (κ3) is 1.79.